The first-order chi connectivity index (χ1) is 8.84. The molecule has 0 heterocycles. The van der Waals surface area contributed by atoms with E-state index >= 15 is 0 Å². The summed E-state index contributed by atoms with van der Waals surface area (Å²) in [5.41, 5.74) is 2.83. The fraction of sp³-hybridized carbons (Fsp3) is 0.250. The lowest BCUT2D eigenvalue weighted by atomic mass is 10.1. The van der Waals surface area contributed by atoms with E-state index in [1.807, 2.05) is 21.6 Å². The van der Waals surface area contributed by atoms with E-state index in [0.717, 1.165) is 12.2 Å². The van der Waals surface area contributed by atoms with Crippen LogP contribution in [0.1, 0.15) is 18.1 Å². The second-order valence-corrected chi connectivity index (χ2v) is 7.15. The molecule has 0 aliphatic rings. The summed E-state index contributed by atoms with van der Waals surface area (Å²) in [6.45, 7) is 2.30. The molecule has 0 spiro atoms. The summed E-state index contributed by atoms with van der Waals surface area (Å²) in [6.07, 6.45) is 1.15. The molecule has 18 heavy (non-hydrogen) atoms. The molecule has 0 saturated heterocycles. The molecule has 1 unspecified atom stereocenters. The Morgan fingerprint density at radius 1 is 0.833 bits per heavy atom. The summed E-state index contributed by atoms with van der Waals surface area (Å²) in [5.74, 6) is 1.09. The molecule has 0 N–H and O–H groups in total. The van der Waals surface area contributed by atoms with Crippen LogP contribution in [-0.4, -0.2) is 5.25 Å². The van der Waals surface area contributed by atoms with Gasteiger partial charge in [0.2, 0.25) is 0 Å². The highest BCUT2D eigenvalue weighted by atomic mass is 33.1. The van der Waals surface area contributed by atoms with E-state index in [4.69, 9.17) is 0 Å². The Balaban J connectivity index is 1.71. The van der Waals surface area contributed by atoms with Gasteiger partial charge in [0, 0.05) is 11.0 Å². The highest BCUT2D eigenvalue weighted by Gasteiger charge is 2.04. The first-order valence-corrected chi connectivity index (χ1v) is 8.59. The number of benzene rings is 2. The van der Waals surface area contributed by atoms with Crippen LogP contribution in [0, 0.1) is 0 Å². The van der Waals surface area contributed by atoms with Crippen LogP contribution in [0.2, 0.25) is 0 Å². The first kappa shape index (κ1) is 13.6. The number of hydrogen-bond acceptors (Lipinski definition) is 2. The third-order valence-electron chi connectivity index (χ3n) is 2.67. The van der Waals surface area contributed by atoms with Crippen LogP contribution in [0.5, 0.6) is 0 Å². The SMILES string of the molecule is CC(Cc1ccccc1)SSCc1ccccc1. The third-order valence-corrected chi connectivity index (χ3v) is 5.50. The quantitative estimate of drug-likeness (QED) is 0.664. The van der Waals surface area contributed by atoms with Gasteiger partial charge in [-0.05, 0) is 17.5 Å². The molecule has 2 rings (SSSR count). The zero-order valence-corrected chi connectivity index (χ0v) is 12.2. The van der Waals surface area contributed by atoms with Crippen LogP contribution in [0.25, 0.3) is 0 Å². The van der Waals surface area contributed by atoms with Crippen molar-refractivity contribution in [2.24, 2.45) is 0 Å². The molecule has 0 bridgehead atoms. The fourth-order valence-electron chi connectivity index (χ4n) is 1.77. The summed E-state index contributed by atoms with van der Waals surface area (Å²) >= 11 is 0. The Bertz CT molecular complexity index is 439. The lowest BCUT2D eigenvalue weighted by Gasteiger charge is -2.10. The van der Waals surface area contributed by atoms with Crippen LogP contribution in [0.15, 0.2) is 60.7 Å². The molecule has 0 amide bonds. The van der Waals surface area contributed by atoms with E-state index in [-0.39, 0.29) is 0 Å². The van der Waals surface area contributed by atoms with Gasteiger partial charge in [-0.2, -0.15) is 0 Å². The molecule has 2 aromatic rings. The van der Waals surface area contributed by atoms with Gasteiger partial charge in [-0.15, -0.1) is 0 Å². The minimum atomic E-state index is 0.654. The van der Waals surface area contributed by atoms with Gasteiger partial charge in [-0.25, -0.2) is 0 Å². The van der Waals surface area contributed by atoms with Gasteiger partial charge in [0.05, 0.1) is 0 Å². The average Bonchev–Trinajstić information content (AvgIpc) is 2.41. The van der Waals surface area contributed by atoms with E-state index in [0.29, 0.717) is 5.25 Å². The summed E-state index contributed by atoms with van der Waals surface area (Å²) in [5, 5.41) is 0.654. The molecule has 0 fully saturated rings. The molecule has 0 nitrogen and oxygen atoms in total. The minimum absolute atomic E-state index is 0.654. The van der Waals surface area contributed by atoms with Crippen LogP contribution in [0.4, 0.5) is 0 Å². The fourth-order valence-corrected chi connectivity index (χ4v) is 4.18. The van der Waals surface area contributed by atoms with Crippen molar-refractivity contribution in [2.45, 2.75) is 24.3 Å². The predicted octanol–water partition coefficient (Wildman–Crippen LogP) is 5.20. The Hall–Kier alpha value is -0.860. The standard InChI is InChI=1S/C16H18S2/c1-14(12-15-8-4-2-5-9-15)18-17-13-16-10-6-3-7-11-16/h2-11,14H,12-13H2,1H3. The molecule has 0 aliphatic heterocycles. The maximum Gasteiger partial charge on any atom is 0.0288 e. The van der Waals surface area contributed by atoms with Crippen LogP contribution >= 0.6 is 21.6 Å². The van der Waals surface area contributed by atoms with E-state index in [1.165, 1.54) is 11.1 Å². The summed E-state index contributed by atoms with van der Waals surface area (Å²) < 4.78 is 0. The van der Waals surface area contributed by atoms with Gasteiger partial charge in [-0.1, -0.05) is 89.2 Å². The van der Waals surface area contributed by atoms with Crippen LogP contribution in [0.3, 0.4) is 0 Å². The zero-order chi connectivity index (χ0) is 12.6. The highest BCUT2D eigenvalue weighted by Crippen LogP contribution is 2.31. The molecular weight excluding hydrogens is 256 g/mol. The van der Waals surface area contributed by atoms with Gasteiger partial charge < -0.3 is 0 Å². The normalized spacial score (nSPS) is 12.3. The van der Waals surface area contributed by atoms with Gasteiger partial charge in [0.1, 0.15) is 0 Å². The molecule has 2 aromatic carbocycles. The Labute approximate surface area is 118 Å². The molecular formula is C16H18S2. The summed E-state index contributed by atoms with van der Waals surface area (Å²) in [7, 11) is 3.93. The Morgan fingerprint density at radius 3 is 2.00 bits per heavy atom. The van der Waals surface area contributed by atoms with Crippen molar-refractivity contribution in [3.8, 4) is 0 Å². The van der Waals surface area contributed by atoms with Gasteiger partial charge in [0.15, 0.2) is 0 Å². The van der Waals surface area contributed by atoms with Crippen molar-refractivity contribution in [2.75, 3.05) is 0 Å². The van der Waals surface area contributed by atoms with E-state index in [9.17, 15) is 0 Å². The maximum absolute atomic E-state index is 2.30. The topological polar surface area (TPSA) is 0 Å². The highest BCUT2D eigenvalue weighted by molar-refractivity contribution is 8.76. The van der Waals surface area contributed by atoms with Gasteiger partial charge in [-0.3, -0.25) is 0 Å². The van der Waals surface area contributed by atoms with Crippen molar-refractivity contribution in [1.82, 2.24) is 0 Å². The lowest BCUT2D eigenvalue weighted by molar-refractivity contribution is 0.949. The predicted molar refractivity (Wildman–Crippen MR) is 84.9 cm³/mol. The largest absolute Gasteiger partial charge is 0.0903 e. The molecule has 0 radical (unpaired) electrons. The molecule has 0 saturated carbocycles. The minimum Gasteiger partial charge on any atom is -0.0903 e. The first-order valence-electron chi connectivity index (χ1n) is 6.21. The van der Waals surface area contributed by atoms with Gasteiger partial charge in [0.25, 0.3) is 0 Å². The van der Waals surface area contributed by atoms with E-state index in [1.54, 1.807) is 0 Å². The van der Waals surface area contributed by atoms with Crippen LogP contribution < -0.4 is 0 Å². The zero-order valence-electron chi connectivity index (χ0n) is 10.6. The average molecular weight is 274 g/mol. The van der Waals surface area contributed by atoms with E-state index in [2.05, 4.69) is 67.6 Å². The van der Waals surface area contributed by atoms with Crippen molar-refractivity contribution >= 4 is 21.6 Å². The van der Waals surface area contributed by atoms with Gasteiger partial charge >= 0.3 is 0 Å². The maximum atomic E-state index is 2.30. The molecule has 2 heteroatoms. The smallest absolute Gasteiger partial charge is 0.0288 e. The van der Waals surface area contributed by atoms with Crippen molar-refractivity contribution < 1.29 is 0 Å². The molecule has 0 aliphatic carbocycles. The number of hydrogen-bond donors (Lipinski definition) is 0. The summed E-state index contributed by atoms with van der Waals surface area (Å²) in [4.78, 5) is 0. The van der Waals surface area contributed by atoms with Crippen molar-refractivity contribution in [3.63, 3.8) is 0 Å². The number of rotatable bonds is 6. The summed E-state index contributed by atoms with van der Waals surface area (Å²) in [6, 6.07) is 21.4. The van der Waals surface area contributed by atoms with Crippen molar-refractivity contribution in [1.29, 1.82) is 0 Å². The Kier molecular flexibility index (Phi) is 5.69. The second-order valence-electron chi connectivity index (χ2n) is 4.34. The third kappa shape index (κ3) is 4.79. The second kappa shape index (κ2) is 7.55. The lowest BCUT2D eigenvalue weighted by Crippen LogP contribution is -1.99. The van der Waals surface area contributed by atoms with Crippen LogP contribution in [-0.2, 0) is 12.2 Å². The molecule has 0 aromatic heterocycles. The van der Waals surface area contributed by atoms with Crippen molar-refractivity contribution in [3.05, 3.63) is 71.8 Å². The van der Waals surface area contributed by atoms with E-state index < -0.39 is 0 Å². The Morgan fingerprint density at radius 2 is 1.39 bits per heavy atom. The monoisotopic (exact) mass is 274 g/mol. The molecule has 1 atom stereocenters. The molecule has 94 valence electrons.